The lowest BCUT2D eigenvalue weighted by Crippen LogP contribution is -2.29. The topological polar surface area (TPSA) is 71.8 Å². The van der Waals surface area contributed by atoms with Gasteiger partial charge in [-0.15, -0.1) is 5.10 Å². The van der Waals surface area contributed by atoms with Gasteiger partial charge in [0.1, 0.15) is 0 Å². The zero-order chi connectivity index (χ0) is 15.4. The van der Waals surface area contributed by atoms with Crippen molar-refractivity contribution in [3.8, 4) is 0 Å². The number of hydrogen-bond donors (Lipinski definition) is 2. The van der Waals surface area contributed by atoms with E-state index in [1.165, 1.54) is 24.8 Å². The average Bonchev–Trinajstić information content (AvgIpc) is 2.93. The van der Waals surface area contributed by atoms with Gasteiger partial charge >= 0.3 is 6.03 Å². The molecule has 2 N–H and O–H groups in total. The molecule has 1 aromatic carbocycles. The fourth-order valence-corrected chi connectivity index (χ4v) is 2.61. The standard InChI is InChI=1S/C16H21N5O/c1-2-21-15(11-18-20-21)10-17-16(22)19-14-8-6-13(7-9-14)12-4-3-5-12/h6-9,11-12H,2-5,10H2,1H3,(H2,17,19,22). The first-order chi connectivity index (χ1) is 10.8. The number of aromatic nitrogens is 3. The maximum absolute atomic E-state index is 11.9. The lowest BCUT2D eigenvalue weighted by atomic mass is 9.80. The molecule has 1 aromatic heterocycles. The zero-order valence-corrected chi connectivity index (χ0v) is 12.7. The number of anilines is 1. The normalized spacial score (nSPS) is 14.4. The molecule has 116 valence electrons. The van der Waals surface area contributed by atoms with E-state index in [0.29, 0.717) is 12.5 Å². The van der Waals surface area contributed by atoms with Crippen molar-refractivity contribution in [3.05, 3.63) is 41.7 Å². The second-order valence-electron chi connectivity index (χ2n) is 5.60. The van der Waals surface area contributed by atoms with E-state index in [0.717, 1.165) is 17.9 Å². The highest BCUT2D eigenvalue weighted by atomic mass is 16.2. The molecule has 6 nitrogen and oxygen atoms in total. The molecule has 3 rings (SSSR count). The Bertz CT molecular complexity index is 630. The Labute approximate surface area is 129 Å². The van der Waals surface area contributed by atoms with Gasteiger partial charge in [0.15, 0.2) is 0 Å². The molecule has 0 saturated heterocycles. The Kier molecular flexibility index (Phi) is 4.37. The summed E-state index contributed by atoms with van der Waals surface area (Å²) >= 11 is 0. The summed E-state index contributed by atoms with van der Waals surface area (Å²) in [5.41, 5.74) is 3.07. The van der Waals surface area contributed by atoms with E-state index in [-0.39, 0.29) is 6.03 Å². The van der Waals surface area contributed by atoms with E-state index in [2.05, 4.69) is 33.1 Å². The Morgan fingerprint density at radius 2 is 2.09 bits per heavy atom. The number of carbonyl (C=O) groups excluding carboxylic acids is 1. The maximum Gasteiger partial charge on any atom is 0.319 e. The van der Waals surface area contributed by atoms with E-state index in [4.69, 9.17) is 0 Å². The molecule has 0 unspecified atom stereocenters. The maximum atomic E-state index is 11.9. The predicted octanol–water partition coefficient (Wildman–Crippen LogP) is 2.89. The van der Waals surface area contributed by atoms with Crippen LogP contribution in [0.5, 0.6) is 0 Å². The molecule has 22 heavy (non-hydrogen) atoms. The van der Waals surface area contributed by atoms with Crippen LogP contribution < -0.4 is 10.6 Å². The Morgan fingerprint density at radius 1 is 1.32 bits per heavy atom. The smallest absolute Gasteiger partial charge is 0.319 e. The van der Waals surface area contributed by atoms with Crippen LogP contribution in [-0.2, 0) is 13.1 Å². The van der Waals surface area contributed by atoms with Crippen LogP contribution in [0.1, 0.15) is 43.4 Å². The van der Waals surface area contributed by atoms with Crippen LogP contribution in [0.3, 0.4) is 0 Å². The van der Waals surface area contributed by atoms with Gasteiger partial charge in [0.05, 0.1) is 18.4 Å². The number of hydrogen-bond acceptors (Lipinski definition) is 3. The molecule has 1 aliphatic rings. The SMILES string of the molecule is CCn1nncc1CNC(=O)Nc1ccc(C2CCC2)cc1. The number of aryl methyl sites for hydroxylation is 1. The zero-order valence-electron chi connectivity index (χ0n) is 12.7. The van der Waals surface area contributed by atoms with Crippen molar-refractivity contribution in [2.24, 2.45) is 0 Å². The fraction of sp³-hybridized carbons (Fsp3) is 0.438. The van der Waals surface area contributed by atoms with Gasteiger partial charge in [-0.2, -0.15) is 0 Å². The van der Waals surface area contributed by atoms with E-state index >= 15 is 0 Å². The summed E-state index contributed by atoms with van der Waals surface area (Å²) in [4.78, 5) is 11.9. The van der Waals surface area contributed by atoms with Crippen molar-refractivity contribution in [1.82, 2.24) is 20.3 Å². The highest BCUT2D eigenvalue weighted by Gasteiger charge is 2.19. The molecule has 1 aliphatic carbocycles. The summed E-state index contributed by atoms with van der Waals surface area (Å²) < 4.78 is 1.76. The van der Waals surface area contributed by atoms with Gasteiger partial charge in [-0.25, -0.2) is 9.48 Å². The third-order valence-corrected chi connectivity index (χ3v) is 4.17. The van der Waals surface area contributed by atoms with E-state index < -0.39 is 0 Å². The van der Waals surface area contributed by atoms with Gasteiger partial charge in [0.2, 0.25) is 0 Å². The quantitative estimate of drug-likeness (QED) is 0.891. The number of nitrogens with zero attached hydrogens (tertiary/aromatic N) is 3. The number of benzene rings is 1. The number of rotatable bonds is 5. The number of carbonyl (C=O) groups is 1. The lowest BCUT2D eigenvalue weighted by molar-refractivity contribution is 0.251. The first-order valence-electron chi connectivity index (χ1n) is 7.78. The molecule has 0 spiro atoms. The predicted molar refractivity (Wildman–Crippen MR) is 84.6 cm³/mol. The largest absolute Gasteiger partial charge is 0.332 e. The van der Waals surface area contributed by atoms with Gasteiger partial charge in [-0.1, -0.05) is 23.8 Å². The van der Waals surface area contributed by atoms with E-state index in [9.17, 15) is 4.79 Å². The van der Waals surface area contributed by atoms with Crippen LogP contribution in [0.2, 0.25) is 0 Å². The van der Waals surface area contributed by atoms with Crippen molar-refractivity contribution in [1.29, 1.82) is 0 Å². The second-order valence-corrected chi connectivity index (χ2v) is 5.60. The van der Waals surface area contributed by atoms with Gasteiger partial charge in [-0.3, -0.25) is 0 Å². The number of amides is 2. The summed E-state index contributed by atoms with van der Waals surface area (Å²) in [5.74, 6) is 0.713. The van der Waals surface area contributed by atoms with Gasteiger partial charge in [0, 0.05) is 12.2 Å². The van der Waals surface area contributed by atoms with Crippen LogP contribution in [-0.4, -0.2) is 21.0 Å². The van der Waals surface area contributed by atoms with Crippen LogP contribution in [0.25, 0.3) is 0 Å². The molecule has 0 aliphatic heterocycles. The molecule has 2 amide bonds. The Morgan fingerprint density at radius 3 is 2.73 bits per heavy atom. The van der Waals surface area contributed by atoms with Crippen LogP contribution in [0, 0.1) is 0 Å². The summed E-state index contributed by atoms with van der Waals surface area (Å²) in [7, 11) is 0. The van der Waals surface area contributed by atoms with Crippen molar-refractivity contribution >= 4 is 11.7 Å². The molecule has 1 saturated carbocycles. The fourth-order valence-electron chi connectivity index (χ4n) is 2.61. The third kappa shape index (κ3) is 3.27. The molecule has 2 aromatic rings. The third-order valence-electron chi connectivity index (χ3n) is 4.17. The Hall–Kier alpha value is -2.37. The molecule has 1 fully saturated rings. The van der Waals surface area contributed by atoms with Gasteiger partial charge in [-0.05, 0) is 43.4 Å². The minimum atomic E-state index is -0.222. The highest BCUT2D eigenvalue weighted by Crippen LogP contribution is 2.36. The average molecular weight is 299 g/mol. The summed E-state index contributed by atoms with van der Waals surface area (Å²) in [5, 5.41) is 13.4. The van der Waals surface area contributed by atoms with Crippen LogP contribution in [0.4, 0.5) is 10.5 Å². The molecule has 6 heteroatoms. The Balaban J connectivity index is 1.50. The van der Waals surface area contributed by atoms with Gasteiger partial charge in [0.25, 0.3) is 0 Å². The van der Waals surface area contributed by atoms with Crippen molar-refractivity contribution in [2.75, 3.05) is 5.32 Å². The summed E-state index contributed by atoms with van der Waals surface area (Å²) in [6.45, 7) is 3.13. The van der Waals surface area contributed by atoms with Crippen LogP contribution in [0.15, 0.2) is 30.5 Å². The summed E-state index contributed by atoms with van der Waals surface area (Å²) in [6.07, 6.45) is 5.56. The first-order valence-corrected chi connectivity index (χ1v) is 7.78. The molecule has 1 heterocycles. The van der Waals surface area contributed by atoms with E-state index in [1.807, 2.05) is 19.1 Å². The lowest BCUT2D eigenvalue weighted by Gasteiger charge is -2.25. The molecular formula is C16H21N5O. The number of nitrogens with one attached hydrogen (secondary N) is 2. The van der Waals surface area contributed by atoms with Crippen molar-refractivity contribution in [2.45, 2.75) is 45.2 Å². The first kappa shape index (κ1) is 14.6. The summed E-state index contributed by atoms with van der Waals surface area (Å²) in [6, 6.07) is 7.92. The minimum absolute atomic E-state index is 0.222. The van der Waals surface area contributed by atoms with Crippen molar-refractivity contribution < 1.29 is 4.79 Å². The molecule has 0 atom stereocenters. The monoisotopic (exact) mass is 299 g/mol. The van der Waals surface area contributed by atoms with Gasteiger partial charge < -0.3 is 10.6 Å². The van der Waals surface area contributed by atoms with E-state index in [1.54, 1.807) is 10.9 Å². The number of urea groups is 1. The molecule has 0 radical (unpaired) electrons. The molecular weight excluding hydrogens is 278 g/mol. The molecule has 0 bridgehead atoms. The van der Waals surface area contributed by atoms with Crippen molar-refractivity contribution in [3.63, 3.8) is 0 Å². The second kappa shape index (κ2) is 6.60. The highest BCUT2D eigenvalue weighted by molar-refractivity contribution is 5.89. The van der Waals surface area contributed by atoms with Crippen LogP contribution >= 0.6 is 0 Å². The minimum Gasteiger partial charge on any atom is -0.332 e.